The number of carbonyl (C=O) groups is 1. The van der Waals surface area contributed by atoms with Crippen molar-refractivity contribution < 1.29 is 4.79 Å². The first-order chi connectivity index (χ1) is 9.22. The molecule has 1 unspecified atom stereocenters. The van der Waals surface area contributed by atoms with Crippen LogP contribution in [0.2, 0.25) is 0 Å². The molecule has 0 spiro atoms. The van der Waals surface area contributed by atoms with Gasteiger partial charge >= 0.3 is 0 Å². The van der Waals surface area contributed by atoms with Crippen molar-refractivity contribution in [2.75, 3.05) is 25.0 Å². The van der Waals surface area contributed by atoms with Crippen LogP contribution in [0.5, 0.6) is 0 Å². The van der Waals surface area contributed by atoms with Crippen molar-refractivity contribution in [3.05, 3.63) is 23.9 Å². The van der Waals surface area contributed by atoms with Gasteiger partial charge in [-0.15, -0.1) is 0 Å². The number of piperazine rings is 1. The van der Waals surface area contributed by atoms with E-state index in [4.69, 9.17) is 0 Å². The Bertz CT molecular complexity index is 435. The summed E-state index contributed by atoms with van der Waals surface area (Å²) in [6, 6.07) is 3.94. The maximum Gasteiger partial charge on any atom is 0.237 e. The predicted octanol–water partition coefficient (Wildman–Crippen LogP) is 1.22. The molecule has 0 aromatic carbocycles. The molecule has 1 aliphatic heterocycles. The van der Waals surface area contributed by atoms with Gasteiger partial charge in [-0.05, 0) is 19.4 Å². The van der Waals surface area contributed by atoms with Gasteiger partial charge < -0.3 is 10.6 Å². The number of anilines is 1. The summed E-state index contributed by atoms with van der Waals surface area (Å²) in [5.41, 5.74) is 1.15. The van der Waals surface area contributed by atoms with Crippen LogP contribution in [-0.2, 0) is 11.3 Å². The van der Waals surface area contributed by atoms with Crippen LogP contribution in [0.3, 0.4) is 0 Å². The molecule has 1 saturated heterocycles. The molecule has 19 heavy (non-hydrogen) atoms. The Labute approximate surface area is 114 Å². The van der Waals surface area contributed by atoms with Gasteiger partial charge in [-0.1, -0.05) is 13.0 Å². The van der Waals surface area contributed by atoms with E-state index < -0.39 is 0 Å². The Kier molecular flexibility index (Phi) is 4.74. The Hall–Kier alpha value is -1.62. The highest BCUT2D eigenvalue weighted by atomic mass is 16.2. The van der Waals surface area contributed by atoms with E-state index in [-0.39, 0.29) is 11.9 Å². The van der Waals surface area contributed by atoms with Crippen LogP contribution in [0.4, 0.5) is 5.82 Å². The Balaban J connectivity index is 2.07. The van der Waals surface area contributed by atoms with Crippen LogP contribution in [0, 0.1) is 0 Å². The molecule has 2 rings (SSSR count). The second-order valence-corrected chi connectivity index (χ2v) is 4.88. The average Bonchev–Trinajstić information content (AvgIpc) is 2.43. The summed E-state index contributed by atoms with van der Waals surface area (Å²) in [5.74, 6) is 1.04. The molecule has 0 aliphatic carbocycles. The van der Waals surface area contributed by atoms with Gasteiger partial charge in [0, 0.05) is 37.9 Å². The van der Waals surface area contributed by atoms with Crippen molar-refractivity contribution >= 4 is 11.7 Å². The number of pyridine rings is 1. The fraction of sp³-hybridized carbons (Fsp3) is 0.571. The number of nitrogens with zero attached hydrogens (tertiary/aromatic N) is 2. The Morgan fingerprint density at radius 2 is 2.42 bits per heavy atom. The number of carbonyl (C=O) groups excluding carboxylic acids is 1. The van der Waals surface area contributed by atoms with Gasteiger partial charge in [-0.25, -0.2) is 4.98 Å². The minimum absolute atomic E-state index is 0.0759. The molecule has 1 atom stereocenters. The van der Waals surface area contributed by atoms with E-state index in [1.807, 2.05) is 13.0 Å². The number of aromatic nitrogens is 1. The molecule has 0 bridgehead atoms. The first-order valence-corrected chi connectivity index (χ1v) is 6.92. The fourth-order valence-corrected chi connectivity index (χ4v) is 2.23. The van der Waals surface area contributed by atoms with E-state index in [1.165, 1.54) is 0 Å². The van der Waals surface area contributed by atoms with Crippen molar-refractivity contribution in [2.45, 2.75) is 32.9 Å². The third kappa shape index (κ3) is 3.44. The topological polar surface area (TPSA) is 57.3 Å². The maximum atomic E-state index is 11.7. The van der Waals surface area contributed by atoms with Gasteiger partial charge in [-0.3, -0.25) is 9.69 Å². The summed E-state index contributed by atoms with van der Waals surface area (Å²) in [5, 5.41) is 6.22. The van der Waals surface area contributed by atoms with Crippen LogP contribution >= 0.6 is 0 Å². The quantitative estimate of drug-likeness (QED) is 0.838. The van der Waals surface area contributed by atoms with Gasteiger partial charge in [0.1, 0.15) is 5.82 Å². The van der Waals surface area contributed by atoms with Gasteiger partial charge in [-0.2, -0.15) is 0 Å². The minimum atomic E-state index is -0.0759. The zero-order valence-corrected chi connectivity index (χ0v) is 11.6. The lowest BCUT2D eigenvalue weighted by atomic mass is 10.1. The van der Waals surface area contributed by atoms with Gasteiger partial charge in [0.2, 0.25) is 5.91 Å². The molecule has 2 N–H and O–H groups in total. The summed E-state index contributed by atoms with van der Waals surface area (Å²) in [6.07, 6.45) is 2.87. The first-order valence-electron chi connectivity index (χ1n) is 6.92. The number of hydrogen-bond acceptors (Lipinski definition) is 4. The minimum Gasteiger partial charge on any atom is -0.370 e. The summed E-state index contributed by atoms with van der Waals surface area (Å²) >= 11 is 0. The molecule has 2 heterocycles. The standard InChI is InChI=1S/C14H22N4O/c1-3-6-15-13-12(5-4-7-16-13)10-18-9-8-17-14(19)11(18)2/h4-5,7,11H,3,6,8-10H2,1-2H3,(H,15,16)(H,17,19). The van der Waals surface area contributed by atoms with E-state index in [1.54, 1.807) is 6.20 Å². The van der Waals surface area contributed by atoms with Crippen molar-refractivity contribution in [2.24, 2.45) is 0 Å². The summed E-state index contributed by atoms with van der Waals surface area (Å²) in [7, 11) is 0. The zero-order chi connectivity index (χ0) is 13.7. The average molecular weight is 262 g/mol. The van der Waals surface area contributed by atoms with E-state index >= 15 is 0 Å². The number of hydrogen-bond donors (Lipinski definition) is 2. The molecule has 0 saturated carbocycles. The SMILES string of the molecule is CCCNc1ncccc1CN1CCNC(=O)C1C. The summed E-state index contributed by atoms with van der Waals surface area (Å²) in [4.78, 5) is 18.2. The number of nitrogens with one attached hydrogen (secondary N) is 2. The smallest absolute Gasteiger partial charge is 0.237 e. The van der Waals surface area contributed by atoms with Gasteiger partial charge in [0.25, 0.3) is 0 Å². The van der Waals surface area contributed by atoms with E-state index in [0.29, 0.717) is 0 Å². The number of amides is 1. The lowest BCUT2D eigenvalue weighted by Crippen LogP contribution is -2.53. The molecule has 5 heteroatoms. The van der Waals surface area contributed by atoms with Crippen molar-refractivity contribution in [1.29, 1.82) is 0 Å². The molecular weight excluding hydrogens is 240 g/mol. The van der Waals surface area contributed by atoms with Gasteiger partial charge in [0.05, 0.1) is 6.04 Å². The molecule has 1 amide bonds. The molecular formula is C14H22N4O. The molecule has 0 radical (unpaired) electrons. The Morgan fingerprint density at radius 1 is 1.58 bits per heavy atom. The van der Waals surface area contributed by atoms with Crippen LogP contribution in [0.1, 0.15) is 25.8 Å². The molecule has 104 valence electrons. The highest BCUT2D eigenvalue weighted by Crippen LogP contribution is 2.16. The summed E-state index contributed by atoms with van der Waals surface area (Å²) < 4.78 is 0. The maximum absolute atomic E-state index is 11.7. The fourth-order valence-electron chi connectivity index (χ4n) is 2.23. The largest absolute Gasteiger partial charge is 0.370 e. The molecule has 5 nitrogen and oxygen atoms in total. The lowest BCUT2D eigenvalue weighted by Gasteiger charge is -2.33. The highest BCUT2D eigenvalue weighted by molar-refractivity contribution is 5.82. The lowest BCUT2D eigenvalue weighted by molar-refractivity contribution is -0.128. The Morgan fingerprint density at radius 3 is 3.21 bits per heavy atom. The van der Waals surface area contributed by atoms with Crippen molar-refractivity contribution in [3.63, 3.8) is 0 Å². The zero-order valence-electron chi connectivity index (χ0n) is 11.6. The van der Waals surface area contributed by atoms with Gasteiger partial charge in [0.15, 0.2) is 0 Å². The molecule has 1 aliphatic rings. The van der Waals surface area contributed by atoms with Crippen LogP contribution < -0.4 is 10.6 Å². The number of rotatable bonds is 5. The van der Waals surface area contributed by atoms with Crippen LogP contribution in [0.15, 0.2) is 18.3 Å². The van der Waals surface area contributed by atoms with E-state index in [2.05, 4.69) is 33.5 Å². The third-order valence-corrected chi connectivity index (χ3v) is 3.43. The normalized spacial score (nSPS) is 20.1. The van der Waals surface area contributed by atoms with Crippen LogP contribution in [-0.4, -0.2) is 41.5 Å². The predicted molar refractivity (Wildman–Crippen MR) is 75.9 cm³/mol. The van der Waals surface area contributed by atoms with E-state index in [9.17, 15) is 4.79 Å². The molecule has 1 fully saturated rings. The second-order valence-electron chi connectivity index (χ2n) is 4.88. The van der Waals surface area contributed by atoms with Crippen molar-refractivity contribution in [3.8, 4) is 0 Å². The van der Waals surface area contributed by atoms with Crippen LogP contribution in [0.25, 0.3) is 0 Å². The third-order valence-electron chi connectivity index (χ3n) is 3.43. The van der Waals surface area contributed by atoms with E-state index in [0.717, 1.165) is 44.0 Å². The molecule has 1 aromatic heterocycles. The highest BCUT2D eigenvalue weighted by Gasteiger charge is 2.25. The monoisotopic (exact) mass is 262 g/mol. The van der Waals surface area contributed by atoms with Crippen molar-refractivity contribution in [1.82, 2.24) is 15.2 Å². The first kappa shape index (κ1) is 13.8. The molecule has 1 aromatic rings. The summed E-state index contributed by atoms with van der Waals surface area (Å²) in [6.45, 7) is 7.36. The second kappa shape index (κ2) is 6.52.